The zero-order valence-corrected chi connectivity index (χ0v) is 15.1. The summed E-state index contributed by atoms with van der Waals surface area (Å²) < 4.78 is 16.3. The van der Waals surface area contributed by atoms with E-state index in [0.29, 0.717) is 35.7 Å². The number of nitrogens with one attached hydrogen (secondary N) is 1. The Kier molecular flexibility index (Phi) is 5.43. The molecule has 0 aromatic heterocycles. The first kappa shape index (κ1) is 17.5. The maximum Gasteiger partial charge on any atom is 0.295 e. The number of ether oxygens (including phenoxy) is 3. The zero-order chi connectivity index (χ0) is 17.8. The topological polar surface area (TPSA) is 64.8 Å². The molecule has 0 spiro atoms. The molecule has 1 aromatic carbocycles. The first-order chi connectivity index (χ1) is 12.1. The van der Waals surface area contributed by atoms with Crippen molar-refractivity contribution >= 4 is 11.9 Å². The van der Waals surface area contributed by atoms with Crippen LogP contribution in [0, 0.1) is 0 Å². The van der Waals surface area contributed by atoms with E-state index in [9.17, 15) is 4.79 Å². The average Bonchev–Trinajstić information content (AvgIpc) is 3.09. The standard InChI is InChI=1S/C18H25N3O4/c1-4-23-18(21(3)14-7-9-20(2)10-8-14)19-17(22)13-5-6-15-16(11-13)25-12-24-15/h5-6,11,14H,4,7-10,12H2,1-3H3/p+1. The van der Waals surface area contributed by atoms with Gasteiger partial charge in [0, 0.05) is 31.5 Å². The minimum absolute atomic E-state index is 0.182. The third-order valence-corrected chi connectivity index (χ3v) is 4.75. The van der Waals surface area contributed by atoms with E-state index in [1.807, 2.05) is 18.9 Å². The molecule has 1 fully saturated rings. The number of nitrogens with zero attached hydrogens (tertiary/aromatic N) is 2. The Morgan fingerprint density at radius 1 is 1.32 bits per heavy atom. The molecule has 7 heteroatoms. The first-order valence-electron chi connectivity index (χ1n) is 8.78. The molecule has 0 bridgehead atoms. The molecule has 0 aliphatic carbocycles. The van der Waals surface area contributed by atoms with E-state index >= 15 is 0 Å². The van der Waals surface area contributed by atoms with Crippen LogP contribution in [0.3, 0.4) is 0 Å². The number of amidine groups is 1. The molecule has 2 heterocycles. The Bertz CT molecular complexity index is 654. The van der Waals surface area contributed by atoms with E-state index in [1.165, 1.54) is 4.90 Å². The lowest BCUT2D eigenvalue weighted by Crippen LogP contribution is -3.10. The van der Waals surface area contributed by atoms with Crippen molar-refractivity contribution in [1.82, 2.24) is 4.90 Å². The summed E-state index contributed by atoms with van der Waals surface area (Å²) in [7, 11) is 4.16. The quantitative estimate of drug-likeness (QED) is 0.639. The van der Waals surface area contributed by atoms with Crippen LogP contribution < -0.4 is 14.4 Å². The number of carbonyl (C=O) groups excluding carboxylic acids is 1. The fourth-order valence-corrected chi connectivity index (χ4v) is 3.16. The summed E-state index contributed by atoms with van der Waals surface area (Å²) in [6.45, 7) is 4.78. The molecule has 1 N–H and O–H groups in total. The lowest BCUT2D eigenvalue weighted by molar-refractivity contribution is -0.885. The second-order valence-electron chi connectivity index (χ2n) is 6.50. The minimum atomic E-state index is -0.341. The van der Waals surface area contributed by atoms with Gasteiger partial charge in [0.1, 0.15) is 0 Å². The summed E-state index contributed by atoms with van der Waals surface area (Å²) in [5.41, 5.74) is 0.461. The summed E-state index contributed by atoms with van der Waals surface area (Å²) in [6, 6.07) is 5.82. The fourth-order valence-electron chi connectivity index (χ4n) is 3.16. The van der Waals surface area contributed by atoms with Gasteiger partial charge in [0.15, 0.2) is 11.5 Å². The number of likely N-dealkylation sites (tertiary alicyclic amines) is 1. The van der Waals surface area contributed by atoms with Gasteiger partial charge in [-0.15, -0.1) is 0 Å². The summed E-state index contributed by atoms with van der Waals surface area (Å²) in [4.78, 5) is 20.3. The van der Waals surface area contributed by atoms with Crippen molar-refractivity contribution < 1.29 is 23.9 Å². The summed E-state index contributed by atoms with van der Waals surface area (Å²) >= 11 is 0. The second-order valence-corrected chi connectivity index (χ2v) is 6.50. The summed E-state index contributed by atoms with van der Waals surface area (Å²) in [5, 5.41) is 0. The third-order valence-electron chi connectivity index (χ3n) is 4.75. The lowest BCUT2D eigenvalue weighted by Gasteiger charge is -2.34. The molecule has 0 radical (unpaired) electrons. The van der Waals surface area contributed by atoms with Gasteiger partial charge in [0.05, 0.1) is 26.7 Å². The highest BCUT2D eigenvalue weighted by atomic mass is 16.7. The van der Waals surface area contributed by atoms with Crippen molar-refractivity contribution in [3.8, 4) is 11.5 Å². The van der Waals surface area contributed by atoms with Crippen molar-refractivity contribution in [3.05, 3.63) is 23.8 Å². The smallest absolute Gasteiger partial charge is 0.295 e. The van der Waals surface area contributed by atoms with Crippen LogP contribution in [-0.2, 0) is 4.74 Å². The number of hydrogen-bond acceptors (Lipinski definition) is 4. The van der Waals surface area contributed by atoms with Gasteiger partial charge in [-0.2, -0.15) is 4.99 Å². The van der Waals surface area contributed by atoms with Crippen LogP contribution in [0.4, 0.5) is 0 Å². The van der Waals surface area contributed by atoms with Crippen LogP contribution in [0.5, 0.6) is 11.5 Å². The van der Waals surface area contributed by atoms with Crippen molar-refractivity contribution in [2.24, 2.45) is 4.99 Å². The first-order valence-corrected chi connectivity index (χ1v) is 8.78. The van der Waals surface area contributed by atoms with Crippen molar-refractivity contribution in [2.75, 3.05) is 40.6 Å². The predicted octanol–water partition coefficient (Wildman–Crippen LogP) is 0.557. The highest BCUT2D eigenvalue weighted by Gasteiger charge is 2.26. The van der Waals surface area contributed by atoms with Gasteiger partial charge >= 0.3 is 0 Å². The van der Waals surface area contributed by atoms with Gasteiger partial charge in [-0.3, -0.25) is 4.79 Å². The fraction of sp³-hybridized carbons (Fsp3) is 0.556. The summed E-state index contributed by atoms with van der Waals surface area (Å²) in [5.74, 6) is 0.884. The van der Waals surface area contributed by atoms with Crippen LogP contribution in [0.15, 0.2) is 23.2 Å². The molecule has 2 aliphatic heterocycles. The van der Waals surface area contributed by atoms with Crippen molar-refractivity contribution in [2.45, 2.75) is 25.8 Å². The molecule has 1 saturated heterocycles. The van der Waals surface area contributed by atoms with E-state index in [2.05, 4.69) is 12.0 Å². The Morgan fingerprint density at radius 2 is 2.04 bits per heavy atom. The van der Waals surface area contributed by atoms with Crippen molar-refractivity contribution in [3.63, 3.8) is 0 Å². The van der Waals surface area contributed by atoms with E-state index in [4.69, 9.17) is 14.2 Å². The summed E-state index contributed by atoms with van der Waals surface area (Å²) in [6.07, 6.45) is 2.12. The minimum Gasteiger partial charge on any atom is -0.465 e. The third kappa shape index (κ3) is 4.04. The number of hydrogen-bond donors (Lipinski definition) is 1. The van der Waals surface area contributed by atoms with E-state index in [0.717, 1.165) is 25.9 Å². The van der Waals surface area contributed by atoms with E-state index < -0.39 is 0 Å². The molecule has 2 aliphatic rings. The molecular formula is C18H26N3O4+. The Morgan fingerprint density at radius 3 is 2.76 bits per heavy atom. The van der Waals surface area contributed by atoms with Gasteiger partial charge in [-0.25, -0.2) is 0 Å². The molecule has 136 valence electrons. The Balaban J connectivity index is 1.75. The molecule has 25 heavy (non-hydrogen) atoms. The van der Waals surface area contributed by atoms with Gasteiger partial charge in [0.2, 0.25) is 6.79 Å². The highest BCUT2D eigenvalue weighted by Crippen LogP contribution is 2.32. The van der Waals surface area contributed by atoms with Gasteiger partial charge in [-0.1, -0.05) is 0 Å². The molecule has 0 unspecified atom stereocenters. The van der Waals surface area contributed by atoms with E-state index in [1.54, 1.807) is 18.2 Å². The Labute approximate surface area is 148 Å². The molecule has 0 saturated carbocycles. The molecule has 7 nitrogen and oxygen atoms in total. The Hall–Kier alpha value is -2.28. The number of aliphatic imine (C=N–C) groups is 1. The molecular weight excluding hydrogens is 322 g/mol. The van der Waals surface area contributed by atoms with Crippen LogP contribution >= 0.6 is 0 Å². The van der Waals surface area contributed by atoms with Gasteiger partial charge < -0.3 is 24.0 Å². The van der Waals surface area contributed by atoms with E-state index in [-0.39, 0.29) is 12.7 Å². The number of fused-ring (bicyclic) bond motifs is 1. The van der Waals surface area contributed by atoms with Gasteiger partial charge in [0.25, 0.3) is 11.9 Å². The maximum atomic E-state index is 12.6. The van der Waals surface area contributed by atoms with Crippen LogP contribution in [0.2, 0.25) is 0 Å². The largest absolute Gasteiger partial charge is 0.465 e. The molecule has 1 amide bonds. The molecule has 3 rings (SSSR count). The maximum absolute atomic E-state index is 12.6. The zero-order valence-electron chi connectivity index (χ0n) is 15.1. The average molecular weight is 348 g/mol. The predicted molar refractivity (Wildman–Crippen MR) is 93.4 cm³/mol. The monoisotopic (exact) mass is 348 g/mol. The van der Waals surface area contributed by atoms with Gasteiger partial charge in [-0.05, 0) is 25.1 Å². The number of piperidine rings is 1. The molecule has 0 atom stereocenters. The number of carbonyl (C=O) groups is 1. The number of benzene rings is 1. The number of amides is 1. The normalized spacial score (nSPS) is 22.6. The highest BCUT2D eigenvalue weighted by molar-refractivity contribution is 6.01. The lowest BCUT2D eigenvalue weighted by atomic mass is 10.0. The second kappa shape index (κ2) is 7.74. The number of rotatable bonds is 3. The molecule has 1 aromatic rings. The van der Waals surface area contributed by atoms with Crippen LogP contribution in [-0.4, -0.2) is 63.5 Å². The number of quaternary nitrogens is 1. The van der Waals surface area contributed by atoms with Crippen LogP contribution in [0.1, 0.15) is 30.1 Å². The SMILES string of the molecule is CCOC(=NC(=O)c1ccc2c(c1)OCO2)N(C)C1CC[NH+](C)CC1. The van der Waals surface area contributed by atoms with Crippen molar-refractivity contribution in [1.29, 1.82) is 0 Å². The van der Waals surface area contributed by atoms with Crippen LogP contribution in [0.25, 0.3) is 0 Å².